The van der Waals surface area contributed by atoms with Gasteiger partial charge in [-0.1, -0.05) is 6.92 Å². The van der Waals surface area contributed by atoms with E-state index in [1.54, 1.807) is 6.92 Å². The highest BCUT2D eigenvalue weighted by Crippen LogP contribution is 1.69. The molecule has 0 unspecified atom stereocenters. The molecular weight excluding hydrogens is 194 g/mol. The second-order valence-electron chi connectivity index (χ2n) is 0.765. The second kappa shape index (κ2) is 17.0. The predicted octanol–water partition coefficient (Wildman–Crippen LogP) is -1.77. The minimum Gasteiger partial charge on any atom is -0.855 e. The molecular formula is C2H17N3O6S. The van der Waals surface area contributed by atoms with Crippen LogP contribution in [0.3, 0.4) is 0 Å². The molecule has 0 aliphatic heterocycles. The Hall–Kier alpha value is -0.330. The summed E-state index contributed by atoms with van der Waals surface area (Å²) in [6.45, 7) is 1.57. The van der Waals surface area contributed by atoms with Gasteiger partial charge in [-0.05, 0) is 0 Å². The summed E-state index contributed by atoms with van der Waals surface area (Å²) in [5.41, 5.74) is 0. The number of hydrogen-bond donors (Lipinski definition) is 3. The van der Waals surface area contributed by atoms with Gasteiger partial charge in [0.15, 0.2) is 0 Å². The molecule has 0 aliphatic rings. The minimum absolute atomic E-state index is 0. The zero-order valence-corrected chi connectivity index (χ0v) is 8.38. The van der Waals surface area contributed by atoms with Crippen molar-refractivity contribution < 1.29 is 27.7 Å². The highest BCUT2D eigenvalue weighted by atomic mass is 32.3. The van der Waals surface area contributed by atoms with Gasteiger partial charge in [-0.2, -0.15) is 0 Å². The van der Waals surface area contributed by atoms with E-state index in [0.29, 0.717) is 0 Å². The Morgan fingerprint density at radius 1 is 1.25 bits per heavy atom. The molecule has 0 spiro atoms. The molecule has 0 atom stereocenters. The fourth-order valence-electron chi connectivity index (χ4n) is 0. The Morgan fingerprint density at radius 2 is 1.33 bits per heavy atom. The van der Waals surface area contributed by atoms with E-state index in [2.05, 4.69) is 4.33 Å². The lowest BCUT2D eigenvalue weighted by atomic mass is 10.9. The lowest BCUT2D eigenvalue weighted by Crippen LogP contribution is -2.13. The summed E-state index contributed by atoms with van der Waals surface area (Å²) in [5, 5.41) is 17.5. The van der Waals surface area contributed by atoms with Gasteiger partial charge in [0.1, 0.15) is 0 Å². The number of rotatable bonds is 1. The van der Waals surface area contributed by atoms with Gasteiger partial charge in [-0.15, -0.1) is 6.61 Å². The van der Waals surface area contributed by atoms with Crippen molar-refractivity contribution in [1.29, 1.82) is 0 Å². The summed E-state index contributed by atoms with van der Waals surface area (Å²) < 4.78 is 28.8. The normalized spacial score (nSPS) is 7.33. The van der Waals surface area contributed by atoms with Crippen molar-refractivity contribution in [2.24, 2.45) is 0 Å². The Morgan fingerprint density at radius 3 is 1.33 bits per heavy atom. The molecule has 82 valence electrons. The molecule has 0 aromatic heterocycles. The summed E-state index contributed by atoms with van der Waals surface area (Å²) in [6, 6.07) is 0. The van der Waals surface area contributed by atoms with E-state index in [1.165, 1.54) is 0 Å². The van der Waals surface area contributed by atoms with Crippen LogP contribution in [-0.4, -0.2) is 19.6 Å². The average Bonchev–Trinajstić information content (AvgIpc) is 1.67. The summed E-state index contributed by atoms with van der Waals surface area (Å²) >= 11 is 0. The van der Waals surface area contributed by atoms with Gasteiger partial charge in [0.25, 0.3) is 0 Å². The highest BCUT2D eigenvalue weighted by Gasteiger charge is 1.73. The van der Waals surface area contributed by atoms with Gasteiger partial charge in [-0.25, -0.2) is 8.42 Å². The summed E-state index contributed by atoms with van der Waals surface area (Å²) in [6.07, 6.45) is 0. The zero-order valence-electron chi connectivity index (χ0n) is 7.56. The monoisotopic (exact) mass is 211 g/mol. The quantitative estimate of drug-likeness (QED) is 0.197. The van der Waals surface area contributed by atoms with Crippen LogP contribution in [0.25, 0.3) is 0 Å². The van der Waals surface area contributed by atoms with Crippen molar-refractivity contribution in [3.8, 4) is 0 Å². The maximum Gasteiger partial charge on any atom is 0.208 e. The maximum atomic E-state index is 8.93. The van der Waals surface area contributed by atoms with Gasteiger partial charge in [0.05, 0.1) is 0 Å². The second-order valence-corrected chi connectivity index (χ2v) is 1.72. The summed E-state index contributed by atoms with van der Waals surface area (Å²) in [5.74, 6) is 0. The first kappa shape index (κ1) is 29.9. The maximum absolute atomic E-state index is 8.93. The molecule has 0 fully saturated rings. The van der Waals surface area contributed by atoms with Gasteiger partial charge in [0.2, 0.25) is 10.4 Å². The third-order valence-electron chi connectivity index (χ3n) is 0.0833. The standard InChI is InChI=1S/C2H5O.3H3N.H2O5S/c1-2-3;;;;1-5-6(2,3)4/h2H2,1H3;3*1H3;1H,(H,2,3,4)/q-1;;;;/p+1. The molecule has 12 N–H and O–H groups in total. The summed E-state index contributed by atoms with van der Waals surface area (Å²) in [7, 11) is -4.97. The van der Waals surface area contributed by atoms with Gasteiger partial charge in [0, 0.05) is 0 Å². The molecule has 0 bridgehead atoms. The Balaban J connectivity index is -0.0000000246. The van der Waals surface area contributed by atoms with E-state index < -0.39 is 10.4 Å². The van der Waals surface area contributed by atoms with Crippen molar-refractivity contribution in [3.05, 3.63) is 0 Å². The minimum atomic E-state index is -4.97. The van der Waals surface area contributed by atoms with Crippen LogP contribution in [0.5, 0.6) is 0 Å². The van der Waals surface area contributed by atoms with E-state index in [0.717, 1.165) is 0 Å². The molecule has 0 aliphatic carbocycles. The molecule has 0 heterocycles. The first-order valence-corrected chi connectivity index (χ1v) is 3.16. The predicted molar refractivity (Wildman–Crippen MR) is 39.3 cm³/mol. The van der Waals surface area contributed by atoms with Crippen LogP contribution < -0.4 is 28.8 Å². The Bertz CT molecular complexity index is 134. The van der Waals surface area contributed by atoms with E-state index in [4.69, 9.17) is 23.3 Å². The molecule has 0 amide bonds. The van der Waals surface area contributed by atoms with Crippen LogP contribution in [0, 0.1) is 0 Å². The van der Waals surface area contributed by atoms with E-state index in [9.17, 15) is 0 Å². The Labute approximate surface area is 71.0 Å². The highest BCUT2D eigenvalue weighted by molar-refractivity contribution is 7.80. The van der Waals surface area contributed by atoms with Crippen LogP contribution in [0.1, 0.15) is 6.92 Å². The molecule has 0 aromatic carbocycles. The van der Waals surface area contributed by atoms with Crippen molar-refractivity contribution in [1.82, 2.24) is 18.5 Å². The van der Waals surface area contributed by atoms with Crippen LogP contribution in [0.4, 0.5) is 0 Å². The van der Waals surface area contributed by atoms with E-state index >= 15 is 0 Å². The largest absolute Gasteiger partial charge is 0.855 e. The third kappa shape index (κ3) is 102. The molecule has 0 saturated carbocycles. The number of quaternary nitrogens is 3. The van der Waals surface area contributed by atoms with Gasteiger partial charge >= 0.3 is 0 Å². The van der Waals surface area contributed by atoms with Crippen molar-refractivity contribution >= 4 is 10.4 Å². The number of hydrogen-bond acceptors (Lipinski definition) is 6. The smallest absolute Gasteiger partial charge is 0.208 e. The lowest BCUT2D eigenvalue weighted by Gasteiger charge is -2.07. The average molecular weight is 211 g/mol. The van der Waals surface area contributed by atoms with Gasteiger partial charge < -0.3 is 37.7 Å². The molecule has 0 radical (unpaired) electrons. The van der Waals surface area contributed by atoms with Crippen LogP contribution in [0.15, 0.2) is 0 Å². The SMILES string of the molecule is CC[O-].O=S(=O)([O-])O[O-].[NH4+].[NH4+].[NH4+]. The first-order valence-electron chi connectivity index (χ1n) is 1.83. The van der Waals surface area contributed by atoms with E-state index in [-0.39, 0.29) is 25.1 Å². The Kier molecular flexibility index (Phi) is 42.2. The van der Waals surface area contributed by atoms with Crippen LogP contribution in [0.2, 0.25) is 0 Å². The fourth-order valence-corrected chi connectivity index (χ4v) is 0. The van der Waals surface area contributed by atoms with Crippen molar-refractivity contribution in [2.45, 2.75) is 6.92 Å². The topological polar surface area (TPSA) is 222 Å². The molecule has 10 heteroatoms. The van der Waals surface area contributed by atoms with Crippen molar-refractivity contribution in [3.63, 3.8) is 0 Å². The molecule has 0 saturated heterocycles. The molecule has 0 aromatic rings. The van der Waals surface area contributed by atoms with Gasteiger partial charge in [-0.3, -0.25) is 0 Å². The van der Waals surface area contributed by atoms with Crippen LogP contribution >= 0.6 is 0 Å². The molecule has 9 nitrogen and oxygen atoms in total. The summed E-state index contributed by atoms with van der Waals surface area (Å²) in [4.78, 5) is 0. The molecule has 12 heavy (non-hydrogen) atoms. The van der Waals surface area contributed by atoms with E-state index in [1.807, 2.05) is 0 Å². The first-order chi connectivity index (χ1) is 3.97. The lowest BCUT2D eigenvalue weighted by molar-refractivity contribution is -0.637. The van der Waals surface area contributed by atoms with Crippen molar-refractivity contribution in [2.75, 3.05) is 6.61 Å². The fraction of sp³-hybridized carbons (Fsp3) is 1.00. The molecule has 0 rings (SSSR count). The van der Waals surface area contributed by atoms with Crippen LogP contribution in [-0.2, 0) is 14.7 Å². The zero-order chi connectivity index (χ0) is 7.91. The third-order valence-corrected chi connectivity index (χ3v) is 0.250.